The fourth-order valence-electron chi connectivity index (χ4n) is 3.53. The van der Waals surface area contributed by atoms with E-state index in [2.05, 4.69) is 27.4 Å². The minimum absolute atomic E-state index is 0.00303. The maximum Gasteiger partial charge on any atom is 0.332 e. The van der Waals surface area contributed by atoms with Gasteiger partial charge in [0, 0.05) is 25.6 Å². The van der Waals surface area contributed by atoms with Gasteiger partial charge in [0.15, 0.2) is 5.65 Å². The molecule has 0 spiro atoms. The highest BCUT2D eigenvalue weighted by Crippen LogP contribution is 2.29. The number of thioether (sulfide) groups is 1. The number of rotatable bonds is 7. The first-order chi connectivity index (χ1) is 15.9. The van der Waals surface area contributed by atoms with Crippen molar-refractivity contribution in [1.29, 1.82) is 0 Å². The Balaban J connectivity index is 1.87. The van der Waals surface area contributed by atoms with Gasteiger partial charge in [-0.2, -0.15) is 0 Å². The summed E-state index contributed by atoms with van der Waals surface area (Å²) < 4.78 is 2.40. The summed E-state index contributed by atoms with van der Waals surface area (Å²) in [6.07, 6.45) is 1.69. The second-order valence-corrected chi connectivity index (χ2v) is 11.0. The van der Waals surface area contributed by atoms with E-state index in [1.54, 1.807) is 14.0 Å². The van der Waals surface area contributed by atoms with Crippen molar-refractivity contribution in [2.45, 2.75) is 69.2 Å². The number of fused-ring (bicyclic) bond motifs is 1. The zero-order valence-corrected chi connectivity index (χ0v) is 21.7. The molecule has 0 fully saturated rings. The highest BCUT2D eigenvalue weighted by molar-refractivity contribution is 8.00. The molecule has 0 saturated heterocycles. The van der Waals surface area contributed by atoms with Gasteiger partial charge in [0.05, 0.1) is 5.25 Å². The van der Waals surface area contributed by atoms with Gasteiger partial charge < -0.3 is 5.32 Å². The molecule has 0 saturated carbocycles. The molecule has 1 aromatic carbocycles. The van der Waals surface area contributed by atoms with Crippen molar-refractivity contribution in [2.24, 2.45) is 14.1 Å². The molecule has 0 aliphatic heterocycles. The number of benzene rings is 1. The topological polar surface area (TPSA) is 98.9 Å². The third kappa shape index (κ3) is 5.58. The van der Waals surface area contributed by atoms with E-state index < -0.39 is 21.9 Å². The van der Waals surface area contributed by atoms with Crippen LogP contribution < -0.4 is 16.6 Å². The Morgan fingerprint density at radius 1 is 1.06 bits per heavy atom. The van der Waals surface area contributed by atoms with Crippen molar-refractivity contribution >= 4 is 28.7 Å². The van der Waals surface area contributed by atoms with Crippen molar-refractivity contribution in [3.63, 3.8) is 0 Å². The van der Waals surface area contributed by atoms with E-state index in [4.69, 9.17) is 0 Å². The van der Waals surface area contributed by atoms with Crippen LogP contribution >= 0.6 is 11.8 Å². The Labute approximate surface area is 203 Å². The van der Waals surface area contributed by atoms with Crippen LogP contribution in [-0.4, -0.2) is 36.3 Å². The van der Waals surface area contributed by atoms with E-state index in [-0.39, 0.29) is 23.0 Å². The smallest absolute Gasteiger partial charge is 0.332 e. The summed E-state index contributed by atoms with van der Waals surface area (Å²) >= 11 is 1.21. The minimum Gasteiger partial charge on any atom is -0.353 e. The van der Waals surface area contributed by atoms with Crippen LogP contribution in [-0.2, 0) is 30.7 Å². The van der Waals surface area contributed by atoms with Gasteiger partial charge >= 0.3 is 5.69 Å². The lowest BCUT2D eigenvalue weighted by Gasteiger charge is -2.21. The van der Waals surface area contributed by atoms with Crippen LogP contribution in [0.15, 0.2) is 44.9 Å². The van der Waals surface area contributed by atoms with Crippen LogP contribution in [0.5, 0.6) is 0 Å². The molecule has 0 aliphatic rings. The lowest BCUT2D eigenvalue weighted by molar-refractivity contribution is -0.120. The number of amides is 1. The normalized spacial score (nSPS) is 13.6. The molecular weight excluding hydrogens is 450 g/mol. The fraction of sp³-hybridized carbons (Fsp3) is 0.480. The number of nitrogens with one attached hydrogen (secondary N) is 1. The van der Waals surface area contributed by atoms with Crippen molar-refractivity contribution in [1.82, 2.24) is 24.4 Å². The molecule has 2 heterocycles. The van der Waals surface area contributed by atoms with Gasteiger partial charge in [0.1, 0.15) is 16.2 Å². The lowest BCUT2D eigenvalue weighted by atomic mass is 9.96. The van der Waals surface area contributed by atoms with Crippen molar-refractivity contribution < 1.29 is 4.79 Å². The van der Waals surface area contributed by atoms with Gasteiger partial charge in [0.2, 0.25) is 5.91 Å². The molecule has 2 aromatic heterocycles. The first-order valence-corrected chi connectivity index (χ1v) is 12.3. The highest BCUT2D eigenvalue weighted by Gasteiger charge is 2.26. The Morgan fingerprint density at radius 3 is 2.32 bits per heavy atom. The zero-order valence-electron chi connectivity index (χ0n) is 20.9. The molecule has 2 atom stereocenters. The van der Waals surface area contributed by atoms with Crippen molar-refractivity contribution in [3.05, 3.63) is 62.6 Å². The van der Waals surface area contributed by atoms with E-state index in [9.17, 15) is 14.4 Å². The first-order valence-electron chi connectivity index (χ1n) is 11.4. The molecule has 3 aromatic rings. The Kier molecular flexibility index (Phi) is 7.65. The molecule has 0 unspecified atom stereocenters. The van der Waals surface area contributed by atoms with Gasteiger partial charge in [-0.3, -0.25) is 18.7 Å². The zero-order chi connectivity index (χ0) is 25.2. The van der Waals surface area contributed by atoms with Crippen molar-refractivity contribution in [2.75, 3.05) is 0 Å². The third-order valence-corrected chi connectivity index (χ3v) is 6.78. The number of aryl methyl sites for hydroxylation is 2. The van der Waals surface area contributed by atoms with Crippen LogP contribution in [0, 0.1) is 0 Å². The Bertz CT molecular complexity index is 1310. The number of hydrogen-bond donors (Lipinski definition) is 1. The Hall–Kier alpha value is -2.94. The van der Waals surface area contributed by atoms with E-state index in [1.807, 2.05) is 45.9 Å². The monoisotopic (exact) mass is 483 g/mol. The summed E-state index contributed by atoms with van der Waals surface area (Å²) in [5.74, 6) is 0.380. The molecule has 3 rings (SSSR count). The average molecular weight is 484 g/mol. The summed E-state index contributed by atoms with van der Waals surface area (Å²) in [6, 6.07) is 10.2. The predicted molar refractivity (Wildman–Crippen MR) is 136 cm³/mol. The summed E-state index contributed by atoms with van der Waals surface area (Å²) in [7, 11) is 3.02. The van der Waals surface area contributed by atoms with Gasteiger partial charge in [-0.15, -0.1) is 0 Å². The highest BCUT2D eigenvalue weighted by atomic mass is 32.2. The second-order valence-electron chi connectivity index (χ2n) is 9.70. The minimum atomic E-state index is -0.493. The maximum absolute atomic E-state index is 13.0. The summed E-state index contributed by atoms with van der Waals surface area (Å²) in [5, 5.41) is 3.23. The van der Waals surface area contributed by atoms with Gasteiger partial charge in [0.25, 0.3) is 5.56 Å². The quantitative estimate of drug-likeness (QED) is 0.410. The van der Waals surface area contributed by atoms with Crippen LogP contribution in [0.3, 0.4) is 0 Å². The maximum atomic E-state index is 13.0. The number of aromatic nitrogens is 4. The van der Waals surface area contributed by atoms with Gasteiger partial charge in [-0.1, -0.05) is 62.9 Å². The van der Waals surface area contributed by atoms with E-state index >= 15 is 0 Å². The van der Waals surface area contributed by atoms with E-state index in [0.717, 1.165) is 17.4 Å². The summed E-state index contributed by atoms with van der Waals surface area (Å²) in [6.45, 7) is 9.67. The molecule has 182 valence electrons. The molecule has 9 heteroatoms. The van der Waals surface area contributed by atoms with Crippen LogP contribution in [0.25, 0.3) is 11.0 Å². The van der Waals surface area contributed by atoms with Crippen LogP contribution in [0.2, 0.25) is 0 Å². The SMILES string of the molecule is C[C@@H](CCc1ccccc1)NC(=O)[C@@H](C)Sc1nc(C(C)(C)C)nc2c1c(=O)n(C)c(=O)n2C. The standard InChI is InChI=1S/C25H33N5O3S/c1-15(13-14-17-11-9-8-10-12-17)26-20(31)16(2)34-21-18-19(27-23(28-21)25(3,4)5)29(6)24(33)30(7)22(18)32/h8-12,15-16H,13-14H2,1-7H3,(H,26,31)/t15-,16+/m0/s1. The largest absolute Gasteiger partial charge is 0.353 e. The second kappa shape index (κ2) is 10.1. The number of carbonyl (C=O) groups excluding carboxylic acids is 1. The number of nitrogens with zero attached hydrogens (tertiary/aromatic N) is 4. The van der Waals surface area contributed by atoms with E-state index in [1.165, 1.54) is 28.9 Å². The molecule has 1 amide bonds. The molecule has 0 radical (unpaired) electrons. The molecule has 0 bridgehead atoms. The van der Waals surface area contributed by atoms with Crippen LogP contribution in [0.4, 0.5) is 0 Å². The number of hydrogen-bond acceptors (Lipinski definition) is 6. The molecule has 1 N–H and O–H groups in total. The predicted octanol–water partition coefficient (Wildman–Crippen LogP) is 2.94. The summed E-state index contributed by atoms with van der Waals surface area (Å²) in [5.41, 5.74) is 0.182. The van der Waals surface area contributed by atoms with Crippen LogP contribution in [0.1, 0.15) is 52.4 Å². The molecule has 0 aliphatic carbocycles. The van der Waals surface area contributed by atoms with Gasteiger partial charge in [-0.25, -0.2) is 14.8 Å². The Morgan fingerprint density at radius 2 is 1.71 bits per heavy atom. The molecule has 8 nitrogen and oxygen atoms in total. The fourth-order valence-corrected chi connectivity index (χ4v) is 4.48. The molecular formula is C25H33N5O3S. The van der Waals surface area contributed by atoms with Gasteiger partial charge in [-0.05, 0) is 32.3 Å². The summed E-state index contributed by atoms with van der Waals surface area (Å²) in [4.78, 5) is 47.6. The first kappa shape index (κ1) is 25.7. The van der Waals surface area contributed by atoms with E-state index in [0.29, 0.717) is 10.9 Å². The third-order valence-electron chi connectivity index (χ3n) is 5.69. The average Bonchev–Trinajstić information content (AvgIpc) is 2.79. The molecule has 34 heavy (non-hydrogen) atoms. The van der Waals surface area contributed by atoms with Crippen molar-refractivity contribution in [3.8, 4) is 0 Å². The lowest BCUT2D eigenvalue weighted by Crippen LogP contribution is -2.39. The number of carbonyl (C=O) groups is 1.